The van der Waals surface area contributed by atoms with Crippen molar-refractivity contribution in [2.24, 2.45) is 11.8 Å². The minimum absolute atomic E-state index is 0.00259. The predicted octanol–water partition coefficient (Wildman–Crippen LogP) is 8.49. The molecule has 17 nitrogen and oxygen atoms in total. The summed E-state index contributed by atoms with van der Waals surface area (Å²) >= 11 is 0. The molecular formula is C46H71N5O12Si. The summed E-state index contributed by atoms with van der Waals surface area (Å²) in [5.41, 5.74) is -0.534. The van der Waals surface area contributed by atoms with Gasteiger partial charge in [-0.25, -0.2) is 0 Å². The first-order valence-electron chi connectivity index (χ1n) is 22.6. The summed E-state index contributed by atoms with van der Waals surface area (Å²) in [7, 11) is -0.826. The lowest BCUT2D eigenvalue weighted by Gasteiger charge is -2.38. The van der Waals surface area contributed by atoms with Crippen LogP contribution in [0.4, 0.5) is 11.4 Å². The van der Waals surface area contributed by atoms with E-state index < -0.39 is 53.8 Å². The fourth-order valence-electron chi connectivity index (χ4n) is 8.27. The highest BCUT2D eigenvalue weighted by atomic mass is 28.4. The molecule has 0 aromatic heterocycles. The molecular weight excluding hydrogens is 843 g/mol. The molecule has 6 atom stereocenters. The molecule has 3 fully saturated rings. The molecule has 5 rings (SSSR count). The number of likely N-dealkylation sites (tertiary alicyclic amines) is 2. The van der Waals surface area contributed by atoms with Gasteiger partial charge in [-0.1, -0.05) is 48.5 Å². The quantitative estimate of drug-likeness (QED) is 0.0521. The number of esters is 1. The molecule has 64 heavy (non-hydrogen) atoms. The van der Waals surface area contributed by atoms with Gasteiger partial charge in [0.25, 0.3) is 23.2 Å². The highest BCUT2D eigenvalue weighted by molar-refractivity contribution is 6.74. The van der Waals surface area contributed by atoms with E-state index in [1.807, 2.05) is 13.8 Å². The van der Waals surface area contributed by atoms with Crippen LogP contribution in [0.25, 0.3) is 0 Å². The van der Waals surface area contributed by atoms with Crippen LogP contribution in [-0.4, -0.2) is 117 Å². The van der Waals surface area contributed by atoms with Crippen molar-refractivity contribution < 1.29 is 47.6 Å². The molecule has 2 amide bonds. The van der Waals surface area contributed by atoms with E-state index in [1.165, 1.54) is 62.6 Å². The summed E-state index contributed by atoms with van der Waals surface area (Å²) in [5.74, 6) is 0.164. The summed E-state index contributed by atoms with van der Waals surface area (Å²) in [5, 5.41) is 27.8. The second kappa shape index (κ2) is 22.4. The molecule has 0 radical (unpaired) electrons. The van der Waals surface area contributed by atoms with Gasteiger partial charge in [0.1, 0.15) is 23.0 Å². The first-order chi connectivity index (χ1) is 30.0. The van der Waals surface area contributed by atoms with Crippen LogP contribution >= 0.6 is 0 Å². The van der Waals surface area contributed by atoms with Crippen molar-refractivity contribution in [3.63, 3.8) is 0 Å². The van der Waals surface area contributed by atoms with E-state index in [0.29, 0.717) is 18.5 Å². The highest BCUT2D eigenvalue weighted by Gasteiger charge is 2.43. The smallest absolute Gasteiger partial charge is 0.302 e. The zero-order valence-corrected chi connectivity index (χ0v) is 40.9. The minimum Gasteiger partial charge on any atom is -0.493 e. The van der Waals surface area contributed by atoms with Crippen molar-refractivity contribution in [1.29, 1.82) is 0 Å². The Morgan fingerprint density at radius 3 is 1.89 bits per heavy atom. The zero-order chi connectivity index (χ0) is 47.7. The number of rotatable bonds is 17. The fraction of sp³-hybridized carbons (Fsp3) is 0.674. The number of hydrogen-bond donors (Lipinski definition) is 1. The van der Waals surface area contributed by atoms with E-state index in [-0.39, 0.29) is 83.8 Å². The number of nitrogens with zero attached hydrogens (tertiary/aromatic N) is 4. The SMILES string of the molecule is CC[C@@H]1C[C@@H](C)CN1.CC[C@@H]1C[C@@H](C)CN1C(=O)c1cc(OC)c(OCCCOc2cc([N+](=O)[O-])c(C(=O)N3C[C@H](OC(C)=O)C[C@H]3CO[Si](C)(C)C(C)(C)C)cc2C)cc1[N+](=O)[O-]. The van der Waals surface area contributed by atoms with Crippen LogP contribution in [0, 0.1) is 39.0 Å². The number of carbonyl (C=O) groups is 3. The second-order valence-corrected chi connectivity index (χ2v) is 23.9. The number of ether oxygens (including phenoxy) is 4. The lowest BCUT2D eigenvalue weighted by molar-refractivity contribution is -0.385. The van der Waals surface area contributed by atoms with Gasteiger partial charge in [0.15, 0.2) is 19.8 Å². The third-order valence-electron chi connectivity index (χ3n) is 12.9. The number of nitro groups is 2. The van der Waals surface area contributed by atoms with Gasteiger partial charge in [-0.05, 0) is 80.7 Å². The molecule has 0 saturated carbocycles. The number of nitro benzene ring substituents is 2. The van der Waals surface area contributed by atoms with Gasteiger partial charge < -0.3 is 38.5 Å². The van der Waals surface area contributed by atoms with Gasteiger partial charge in [-0.3, -0.25) is 34.6 Å². The molecule has 18 heteroatoms. The number of benzene rings is 2. The van der Waals surface area contributed by atoms with Crippen molar-refractivity contribution in [2.75, 3.05) is 46.6 Å². The van der Waals surface area contributed by atoms with Gasteiger partial charge in [0, 0.05) is 44.5 Å². The van der Waals surface area contributed by atoms with Gasteiger partial charge in [0.2, 0.25) is 0 Å². The third kappa shape index (κ3) is 13.1. The largest absolute Gasteiger partial charge is 0.493 e. The van der Waals surface area contributed by atoms with Crippen LogP contribution < -0.4 is 19.5 Å². The van der Waals surface area contributed by atoms with Gasteiger partial charge >= 0.3 is 5.97 Å². The van der Waals surface area contributed by atoms with Crippen LogP contribution in [0.1, 0.15) is 120 Å². The van der Waals surface area contributed by atoms with Gasteiger partial charge in [-0.15, -0.1) is 0 Å². The number of carbonyl (C=O) groups excluding carboxylic acids is 3. The zero-order valence-electron chi connectivity index (χ0n) is 39.9. The van der Waals surface area contributed by atoms with Crippen molar-refractivity contribution >= 4 is 37.5 Å². The monoisotopic (exact) mass is 913 g/mol. The molecule has 356 valence electrons. The summed E-state index contributed by atoms with van der Waals surface area (Å²) in [6, 6.07) is 5.54. The molecule has 1 N–H and O–H groups in total. The lowest BCUT2D eigenvalue weighted by Crippen LogP contribution is -2.46. The number of amides is 2. The normalized spacial score (nSPS) is 22.1. The second-order valence-electron chi connectivity index (χ2n) is 19.1. The first kappa shape index (κ1) is 51.8. The third-order valence-corrected chi connectivity index (χ3v) is 17.4. The van der Waals surface area contributed by atoms with Crippen molar-refractivity contribution in [2.45, 2.75) is 143 Å². The Kier molecular flexibility index (Phi) is 18.1. The van der Waals surface area contributed by atoms with Crippen molar-refractivity contribution in [3.05, 3.63) is 61.2 Å². The fourth-order valence-corrected chi connectivity index (χ4v) is 9.31. The Hall–Kier alpha value is -4.81. The van der Waals surface area contributed by atoms with Crippen molar-refractivity contribution in [1.82, 2.24) is 15.1 Å². The minimum atomic E-state index is -2.21. The summed E-state index contributed by atoms with van der Waals surface area (Å²) < 4.78 is 29.1. The number of aryl methyl sites for hydroxylation is 1. The summed E-state index contributed by atoms with van der Waals surface area (Å²) in [6.07, 6.45) is 4.29. The van der Waals surface area contributed by atoms with Gasteiger partial charge in [0.05, 0.1) is 61.5 Å². The summed E-state index contributed by atoms with van der Waals surface area (Å²) in [6.45, 7) is 24.2. The summed E-state index contributed by atoms with van der Waals surface area (Å²) in [4.78, 5) is 65.6. The van der Waals surface area contributed by atoms with Crippen LogP contribution in [0.3, 0.4) is 0 Å². The van der Waals surface area contributed by atoms with Crippen LogP contribution in [0.5, 0.6) is 17.2 Å². The van der Waals surface area contributed by atoms with Crippen LogP contribution in [-0.2, 0) is 14.0 Å². The van der Waals surface area contributed by atoms with E-state index in [0.717, 1.165) is 24.8 Å². The standard InChI is InChI=1S/C39H56N4O12Si.C7H15N/c1-11-27-15-24(2)21-40(27)38(46)31-18-35(51-8)36(20-33(31)43(49)50)53-14-12-13-52-34-19-32(42(47)48)30(16-25(34)3)37(45)41-22-29(55-26(4)44)17-28(41)23-54-56(9,10)39(5,6)7;1-3-7-4-6(2)5-8-7/h16,18-20,24,27-29H,11-15,17,21-23H2,1-10H3;6-8H,3-5H2,1-2H3/t24-,27-,28+,29-;6-,7-/m11/s1. The Bertz CT molecular complexity index is 1990. The molecule has 3 aliphatic heterocycles. The molecule has 3 saturated heterocycles. The Balaban J connectivity index is 0.00000101. The van der Waals surface area contributed by atoms with Gasteiger partial charge in [-0.2, -0.15) is 0 Å². The van der Waals surface area contributed by atoms with E-state index in [4.69, 9.17) is 23.4 Å². The highest BCUT2D eigenvalue weighted by Crippen LogP contribution is 2.39. The van der Waals surface area contributed by atoms with E-state index >= 15 is 0 Å². The Labute approximate surface area is 379 Å². The Morgan fingerprint density at radius 2 is 1.39 bits per heavy atom. The van der Waals surface area contributed by atoms with E-state index in [9.17, 15) is 34.6 Å². The maximum atomic E-state index is 14.0. The number of nitrogens with one attached hydrogen (secondary N) is 1. The maximum absolute atomic E-state index is 14.0. The maximum Gasteiger partial charge on any atom is 0.302 e. The van der Waals surface area contributed by atoms with Crippen LogP contribution in [0.15, 0.2) is 24.3 Å². The molecule has 0 unspecified atom stereocenters. The molecule has 2 aromatic rings. The number of methoxy groups -OCH3 is 1. The van der Waals surface area contributed by atoms with E-state index in [1.54, 1.807) is 11.8 Å². The molecule has 0 spiro atoms. The molecule has 3 aliphatic rings. The van der Waals surface area contributed by atoms with E-state index in [2.05, 4.69) is 53.0 Å². The topological polar surface area (TPSA) is 202 Å². The molecule has 0 aliphatic carbocycles. The average molecular weight is 914 g/mol. The van der Waals surface area contributed by atoms with Crippen molar-refractivity contribution in [3.8, 4) is 17.2 Å². The predicted molar refractivity (Wildman–Crippen MR) is 246 cm³/mol. The number of hydrogen-bond acceptors (Lipinski definition) is 13. The lowest BCUT2D eigenvalue weighted by atomic mass is 10.1. The Morgan fingerprint density at radius 1 is 0.812 bits per heavy atom. The first-order valence-corrected chi connectivity index (χ1v) is 25.5. The average Bonchev–Trinajstić information content (AvgIpc) is 3.96. The van der Waals surface area contributed by atoms with Crippen LogP contribution in [0.2, 0.25) is 18.1 Å². The molecule has 3 heterocycles. The molecule has 2 aromatic carbocycles. The molecule has 0 bridgehead atoms.